The van der Waals surface area contributed by atoms with E-state index in [4.69, 9.17) is 4.74 Å². The van der Waals surface area contributed by atoms with E-state index in [-0.39, 0.29) is 18.4 Å². The second kappa shape index (κ2) is 6.55. The van der Waals surface area contributed by atoms with Gasteiger partial charge in [0.15, 0.2) is 6.10 Å². The van der Waals surface area contributed by atoms with Crippen LogP contribution in [0.3, 0.4) is 0 Å². The summed E-state index contributed by atoms with van der Waals surface area (Å²) in [5, 5.41) is 0. The van der Waals surface area contributed by atoms with Gasteiger partial charge in [0, 0.05) is 19.3 Å². The first-order chi connectivity index (χ1) is 12.2. The largest absolute Gasteiger partial charge is 0.480 e. The summed E-state index contributed by atoms with van der Waals surface area (Å²) in [7, 11) is 0. The van der Waals surface area contributed by atoms with Crippen LogP contribution in [0.15, 0.2) is 48.8 Å². The van der Waals surface area contributed by atoms with Gasteiger partial charge in [0.1, 0.15) is 12.3 Å². The summed E-state index contributed by atoms with van der Waals surface area (Å²) in [4.78, 5) is 32.6. The molecule has 1 atom stereocenters. The summed E-state index contributed by atoms with van der Waals surface area (Å²) < 4.78 is 5.87. The fourth-order valence-corrected chi connectivity index (χ4v) is 3.35. The van der Waals surface area contributed by atoms with Gasteiger partial charge in [-0.15, -0.1) is 0 Å². The zero-order chi connectivity index (χ0) is 17.2. The van der Waals surface area contributed by atoms with Crippen molar-refractivity contribution in [3.05, 3.63) is 54.4 Å². The third-order valence-electron chi connectivity index (χ3n) is 4.68. The van der Waals surface area contributed by atoms with Gasteiger partial charge in [-0.2, -0.15) is 0 Å². The first-order valence-electron chi connectivity index (χ1n) is 8.46. The van der Waals surface area contributed by atoms with Gasteiger partial charge in [-0.3, -0.25) is 14.6 Å². The van der Waals surface area contributed by atoms with Crippen molar-refractivity contribution in [1.82, 2.24) is 9.88 Å². The molecule has 1 fully saturated rings. The number of para-hydroxylation sites is 1. The van der Waals surface area contributed by atoms with Gasteiger partial charge in [0.05, 0.1) is 11.9 Å². The predicted molar refractivity (Wildman–Crippen MR) is 92.3 cm³/mol. The average molecular weight is 337 g/mol. The van der Waals surface area contributed by atoms with Gasteiger partial charge in [0.2, 0.25) is 5.91 Å². The normalized spacial score (nSPS) is 20.0. The third kappa shape index (κ3) is 3.07. The first-order valence-corrected chi connectivity index (χ1v) is 8.46. The van der Waals surface area contributed by atoms with Crippen LogP contribution in [0.5, 0.6) is 5.75 Å². The van der Waals surface area contributed by atoms with Crippen molar-refractivity contribution in [2.45, 2.75) is 18.9 Å². The number of anilines is 1. The lowest BCUT2D eigenvalue weighted by Crippen LogP contribution is -2.55. The van der Waals surface area contributed by atoms with E-state index in [1.807, 2.05) is 30.3 Å². The number of pyridine rings is 1. The smallest absolute Gasteiger partial charge is 0.264 e. The Balaban J connectivity index is 1.42. The number of fused-ring (bicyclic) bond motifs is 1. The monoisotopic (exact) mass is 337 g/mol. The first kappa shape index (κ1) is 15.6. The third-order valence-corrected chi connectivity index (χ3v) is 4.68. The molecule has 128 valence electrons. The van der Waals surface area contributed by atoms with E-state index in [1.165, 1.54) is 0 Å². The molecule has 2 amide bonds. The minimum Gasteiger partial charge on any atom is -0.480 e. The number of rotatable bonds is 2. The van der Waals surface area contributed by atoms with Crippen LogP contribution in [0.25, 0.3) is 0 Å². The van der Waals surface area contributed by atoms with E-state index in [0.717, 1.165) is 23.4 Å². The quantitative estimate of drug-likeness (QED) is 0.836. The Kier molecular flexibility index (Phi) is 4.09. The number of amides is 2. The van der Waals surface area contributed by atoms with Crippen LogP contribution in [-0.2, 0) is 16.0 Å². The molecule has 0 N–H and O–H groups in total. The number of piperazine rings is 1. The Labute approximate surface area is 146 Å². The van der Waals surface area contributed by atoms with Crippen molar-refractivity contribution in [3.8, 4) is 5.75 Å². The van der Waals surface area contributed by atoms with E-state index in [2.05, 4.69) is 4.98 Å². The van der Waals surface area contributed by atoms with Crippen LogP contribution in [0.1, 0.15) is 12.0 Å². The Morgan fingerprint density at radius 3 is 2.84 bits per heavy atom. The number of nitrogens with zero attached hydrogens (tertiary/aromatic N) is 3. The highest BCUT2D eigenvalue weighted by Gasteiger charge is 2.34. The molecule has 0 saturated carbocycles. The van der Waals surface area contributed by atoms with Crippen molar-refractivity contribution in [3.63, 3.8) is 0 Å². The van der Waals surface area contributed by atoms with Crippen LogP contribution in [0, 0.1) is 0 Å². The molecular weight excluding hydrogens is 318 g/mol. The van der Waals surface area contributed by atoms with Gasteiger partial charge in [-0.1, -0.05) is 18.2 Å². The standard InChI is InChI=1S/C19H19N3O3/c23-18-13-21(10-11-22(18)15-5-3-9-20-12-15)19(24)17-8-7-14-4-1-2-6-16(14)25-17/h1-6,9,12,17H,7-8,10-11,13H2. The SMILES string of the molecule is O=C(C1CCc2ccccc2O1)N1CCN(c2cccnc2)C(=O)C1. The van der Waals surface area contributed by atoms with Crippen molar-refractivity contribution in [2.75, 3.05) is 24.5 Å². The molecule has 1 aromatic carbocycles. The molecule has 0 bridgehead atoms. The van der Waals surface area contributed by atoms with Gasteiger partial charge in [-0.05, 0) is 36.6 Å². The number of carbonyl (C=O) groups is 2. The summed E-state index contributed by atoms with van der Waals surface area (Å²) in [6.45, 7) is 1.05. The minimum absolute atomic E-state index is 0.0786. The summed E-state index contributed by atoms with van der Waals surface area (Å²) in [6.07, 6.45) is 4.29. The van der Waals surface area contributed by atoms with Crippen molar-refractivity contribution in [1.29, 1.82) is 0 Å². The highest BCUT2D eigenvalue weighted by atomic mass is 16.5. The van der Waals surface area contributed by atoms with E-state index in [9.17, 15) is 9.59 Å². The number of ether oxygens (including phenoxy) is 1. The van der Waals surface area contributed by atoms with E-state index < -0.39 is 6.10 Å². The van der Waals surface area contributed by atoms with Gasteiger partial charge in [-0.25, -0.2) is 0 Å². The topological polar surface area (TPSA) is 62.7 Å². The van der Waals surface area contributed by atoms with Gasteiger partial charge in [0.25, 0.3) is 5.91 Å². The maximum absolute atomic E-state index is 12.8. The van der Waals surface area contributed by atoms with Gasteiger partial charge >= 0.3 is 0 Å². The van der Waals surface area contributed by atoms with Crippen LogP contribution >= 0.6 is 0 Å². The lowest BCUT2D eigenvalue weighted by Gasteiger charge is -2.36. The van der Waals surface area contributed by atoms with Gasteiger partial charge < -0.3 is 14.5 Å². The highest BCUT2D eigenvalue weighted by molar-refractivity contribution is 5.98. The number of hydrogen-bond acceptors (Lipinski definition) is 4. The summed E-state index contributed by atoms with van der Waals surface area (Å²) in [5.41, 5.74) is 1.89. The molecule has 3 heterocycles. The number of carbonyl (C=O) groups excluding carboxylic acids is 2. The fourth-order valence-electron chi connectivity index (χ4n) is 3.35. The number of benzene rings is 1. The second-order valence-corrected chi connectivity index (χ2v) is 6.27. The lowest BCUT2D eigenvalue weighted by atomic mass is 10.0. The zero-order valence-electron chi connectivity index (χ0n) is 13.8. The Bertz CT molecular complexity index is 794. The zero-order valence-corrected chi connectivity index (χ0v) is 13.8. The molecule has 1 unspecified atom stereocenters. The predicted octanol–water partition coefficient (Wildman–Crippen LogP) is 1.65. The highest BCUT2D eigenvalue weighted by Crippen LogP contribution is 2.28. The molecule has 2 aliphatic heterocycles. The Morgan fingerprint density at radius 1 is 1.16 bits per heavy atom. The summed E-state index contributed by atoms with van der Waals surface area (Å²) in [6, 6.07) is 11.4. The Morgan fingerprint density at radius 2 is 2.04 bits per heavy atom. The summed E-state index contributed by atoms with van der Waals surface area (Å²) in [5.74, 6) is 0.574. The number of hydrogen-bond donors (Lipinski definition) is 0. The van der Waals surface area contributed by atoms with Crippen molar-refractivity contribution in [2.24, 2.45) is 0 Å². The molecular formula is C19H19N3O3. The molecule has 1 saturated heterocycles. The van der Waals surface area contributed by atoms with Crippen LogP contribution in [0.4, 0.5) is 5.69 Å². The second-order valence-electron chi connectivity index (χ2n) is 6.27. The van der Waals surface area contributed by atoms with Crippen LogP contribution < -0.4 is 9.64 Å². The van der Waals surface area contributed by atoms with Crippen molar-refractivity contribution >= 4 is 17.5 Å². The summed E-state index contributed by atoms with van der Waals surface area (Å²) >= 11 is 0. The average Bonchev–Trinajstić information content (AvgIpc) is 2.67. The molecule has 25 heavy (non-hydrogen) atoms. The number of aromatic nitrogens is 1. The van der Waals surface area contributed by atoms with E-state index >= 15 is 0 Å². The Hall–Kier alpha value is -2.89. The molecule has 2 aromatic rings. The molecule has 2 aliphatic rings. The van der Waals surface area contributed by atoms with Crippen molar-refractivity contribution < 1.29 is 14.3 Å². The fraction of sp³-hybridized carbons (Fsp3) is 0.316. The maximum Gasteiger partial charge on any atom is 0.264 e. The molecule has 6 heteroatoms. The molecule has 0 radical (unpaired) electrons. The molecule has 0 spiro atoms. The molecule has 0 aliphatic carbocycles. The lowest BCUT2D eigenvalue weighted by molar-refractivity contribution is -0.143. The van der Waals surface area contributed by atoms with Crippen LogP contribution in [0.2, 0.25) is 0 Å². The minimum atomic E-state index is -0.507. The number of aryl methyl sites for hydroxylation is 1. The molecule has 4 rings (SSSR count). The van der Waals surface area contributed by atoms with E-state index in [1.54, 1.807) is 28.3 Å². The van der Waals surface area contributed by atoms with E-state index in [0.29, 0.717) is 19.5 Å². The molecule has 6 nitrogen and oxygen atoms in total. The van der Waals surface area contributed by atoms with Crippen LogP contribution in [-0.4, -0.2) is 47.4 Å². The maximum atomic E-state index is 12.8. The molecule has 1 aromatic heterocycles.